The number of rotatable bonds is 0. The normalized spacial score (nSPS) is 16.1. The molecule has 1 aromatic rings. The summed E-state index contributed by atoms with van der Waals surface area (Å²) in [6, 6.07) is 0. The predicted molar refractivity (Wildman–Crippen MR) is 50.5 cm³/mol. The van der Waals surface area contributed by atoms with Gasteiger partial charge in [0.2, 0.25) is 0 Å². The third kappa shape index (κ3) is 1.79. The van der Waals surface area contributed by atoms with Gasteiger partial charge < -0.3 is 5.32 Å². The van der Waals surface area contributed by atoms with E-state index in [2.05, 4.69) is 16.6 Å². The van der Waals surface area contributed by atoms with Crippen LogP contribution < -0.4 is 5.32 Å². The Balaban J connectivity index is 0.000000720. The first-order valence-electron chi connectivity index (χ1n) is 4.08. The van der Waals surface area contributed by atoms with Crippen molar-refractivity contribution in [2.24, 2.45) is 7.05 Å². The van der Waals surface area contributed by atoms with Crippen LogP contribution in [0.2, 0.25) is 0 Å². The molecule has 0 aliphatic carbocycles. The lowest BCUT2D eigenvalue weighted by Crippen LogP contribution is -2.11. The van der Waals surface area contributed by atoms with E-state index in [4.69, 9.17) is 0 Å². The predicted octanol–water partition coefficient (Wildman–Crippen LogP) is 0.878. The smallest absolute Gasteiger partial charge is 0.0669 e. The molecule has 0 bridgehead atoms. The van der Waals surface area contributed by atoms with Crippen LogP contribution in [-0.2, 0) is 20.0 Å². The number of nitrogens with zero attached hydrogens (tertiary/aromatic N) is 2. The van der Waals surface area contributed by atoms with E-state index in [0.717, 1.165) is 19.5 Å². The minimum absolute atomic E-state index is 0. The molecule has 4 heteroatoms. The second kappa shape index (κ2) is 3.92. The van der Waals surface area contributed by atoms with Crippen molar-refractivity contribution >= 4 is 12.4 Å². The molecule has 0 atom stereocenters. The maximum absolute atomic E-state index is 4.39. The van der Waals surface area contributed by atoms with Crippen molar-refractivity contribution in [3.05, 3.63) is 17.5 Å². The van der Waals surface area contributed by atoms with E-state index < -0.39 is 0 Å². The third-order valence-electron chi connectivity index (χ3n) is 2.07. The minimum atomic E-state index is 0. The van der Waals surface area contributed by atoms with Crippen LogP contribution in [0.25, 0.3) is 0 Å². The highest BCUT2D eigenvalue weighted by Crippen LogP contribution is 2.10. The van der Waals surface area contributed by atoms with Crippen molar-refractivity contribution in [1.82, 2.24) is 15.1 Å². The highest BCUT2D eigenvalue weighted by atomic mass is 35.5. The maximum atomic E-state index is 4.39. The van der Waals surface area contributed by atoms with Gasteiger partial charge in [-0.3, -0.25) is 4.68 Å². The average Bonchev–Trinajstić information content (AvgIpc) is 2.17. The second-order valence-electron chi connectivity index (χ2n) is 3.06. The second-order valence-corrected chi connectivity index (χ2v) is 3.06. The summed E-state index contributed by atoms with van der Waals surface area (Å²) in [5.74, 6) is 0. The number of hydrogen-bond acceptors (Lipinski definition) is 2. The van der Waals surface area contributed by atoms with Gasteiger partial charge >= 0.3 is 0 Å². The molecule has 0 radical (unpaired) electrons. The van der Waals surface area contributed by atoms with E-state index >= 15 is 0 Å². The Hall–Kier alpha value is -0.540. The summed E-state index contributed by atoms with van der Waals surface area (Å²) in [5.41, 5.74) is 2.64. The first-order valence-corrected chi connectivity index (χ1v) is 4.08. The van der Waals surface area contributed by atoms with Crippen LogP contribution in [0.15, 0.2) is 6.20 Å². The van der Waals surface area contributed by atoms with Crippen molar-refractivity contribution in [2.75, 3.05) is 6.54 Å². The summed E-state index contributed by atoms with van der Waals surface area (Å²) in [6.07, 6.45) is 4.45. The Morgan fingerprint density at radius 1 is 1.58 bits per heavy atom. The molecule has 1 aromatic heterocycles. The molecule has 12 heavy (non-hydrogen) atoms. The molecule has 0 saturated carbocycles. The SMILES string of the molecule is Cl.Cn1cc2c(n1)CCCNC2. The zero-order chi connectivity index (χ0) is 7.68. The number of aryl methyl sites for hydroxylation is 2. The highest BCUT2D eigenvalue weighted by molar-refractivity contribution is 5.85. The van der Waals surface area contributed by atoms with Crippen molar-refractivity contribution in [3.63, 3.8) is 0 Å². The number of aromatic nitrogens is 2. The van der Waals surface area contributed by atoms with E-state index in [0.29, 0.717) is 0 Å². The summed E-state index contributed by atoms with van der Waals surface area (Å²) in [7, 11) is 1.98. The van der Waals surface area contributed by atoms with Crippen molar-refractivity contribution in [2.45, 2.75) is 19.4 Å². The summed E-state index contributed by atoms with van der Waals surface area (Å²) >= 11 is 0. The van der Waals surface area contributed by atoms with Crippen molar-refractivity contribution in [3.8, 4) is 0 Å². The van der Waals surface area contributed by atoms with Gasteiger partial charge in [0.05, 0.1) is 5.69 Å². The fourth-order valence-electron chi connectivity index (χ4n) is 1.55. The summed E-state index contributed by atoms with van der Waals surface area (Å²) in [5, 5.41) is 7.75. The topological polar surface area (TPSA) is 29.9 Å². The van der Waals surface area contributed by atoms with Gasteiger partial charge in [-0.25, -0.2) is 0 Å². The lowest BCUT2D eigenvalue weighted by atomic mass is 10.2. The fourth-order valence-corrected chi connectivity index (χ4v) is 1.55. The van der Waals surface area contributed by atoms with Crippen LogP contribution in [0.4, 0.5) is 0 Å². The van der Waals surface area contributed by atoms with Gasteiger partial charge in [0.1, 0.15) is 0 Å². The van der Waals surface area contributed by atoms with Crippen LogP contribution in [-0.4, -0.2) is 16.3 Å². The van der Waals surface area contributed by atoms with Gasteiger partial charge in [-0.1, -0.05) is 0 Å². The van der Waals surface area contributed by atoms with E-state index in [-0.39, 0.29) is 12.4 Å². The van der Waals surface area contributed by atoms with Crippen LogP contribution in [0.3, 0.4) is 0 Å². The quantitative estimate of drug-likeness (QED) is 0.654. The van der Waals surface area contributed by atoms with Crippen LogP contribution in [0.5, 0.6) is 0 Å². The summed E-state index contributed by atoms with van der Waals surface area (Å²) in [6.45, 7) is 2.11. The molecule has 0 amide bonds. The van der Waals surface area contributed by atoms with Gasteiger partial charge in [0.15, 0.2) is 0 Å². The Labute approximate surface area is 78.6 Å². The van der Waals surface area contributed by atoms with Crippen molar-refractivity contribution in [1.29, 1.82) is 0 Å². The molecular weight excluding hydrogens is 174 g/mol. The molecule has 0 fully saturated rings. The maximum Gasteiger partial charge on any atom is 0.0669 e. The van der Waals surface area contributed by atoms with E-state index in [1.807, 2.05) is 11.7 Å². The van der Waals surface area contributed by atoms with Crippen LogP contribution in [0.1, 0.15) is 17.7 Å². The molecule has 2 rings (SSSR count). The van der Waals surface area contributed by atoms with Gasteiger partial charge in [0.25, 0.3) is 0 Å². The number of nitrogens with one attached hydrogen (secondary N) is 1. The highest BCUT2D eigenvalue weighted by Gasteiger charge is 2.09. The Morgan fingerprint density at radius 3 is 3.25 bits per heavy atom. The molecule has 3 nitrogen and oxygen atoms in total. The monoisotopic (exact) mass is 187 g/mol. The zero-order valence-electron chi connectivity index (χ0n) is 7.21. The summed E-state index contributed by atoms with van der Waals surface area (Å²) < 4.78 is 1.90. The summed E-state index contributed by atoms with van der Waals surface area (Å²) in [4.78, 5) is 0. The van der Waals surface area contributed by atoms with Crippen LogP contribution in [0, 0.1) is 0 Å². The Morgan fingerprint density at radius 2 is 2.42 bits per heavy atom. The number of hydrogen-bond donors (Lipinski definition) is 1. The van der Waals surface area contributed by atoms with E-state index in [1.54, 1.807) is 0 Å². The first-order chi connectivity index (χ1) is 5.36. The van der Waals surface area contributed by atoms with E-state index in [1.165, 1.54) is 17.7 Å². The molecule has 0 saturated heterocycles. The van der Waals surface area contributed by atoms with Crippen LogP contribution >= 0.6 is 12.4 Å². The first kappa shape index (κ1) is 9.55. The third-order valence-corrected chi connectivity index (χ3v) is 2.07. The lowest BCUT2D eigenvalue weighted by molar-refractivity contribution is 0.661. The number of halogens is 1. The standard InChI is InChI=1S/C8H13N3.ClH/c1-11-6-7-5-9-4-2-3-8(7)10-11;/h6,9H,2-5H2,1H3;1H. The lowest BCUT2D eigenvalue weighted by Gasteiger charge is -1.94. The van der Waals surface area contributed by atoms with E-state index in [9.17, 15) is 0 Å². The minimum Gasteiger partial charge on any atom is -0.313 e. The van der Waals surface area contributed by atoms with Gasteiger partial charge in [-0.2, -0.15) is 5.10 Å². The molecule has 1 aliphatic heterocycles. The van der Waals surface area contributed by atoms with Crippen molar-refractivity contribution < 1.29 is 0 Å². The molecule has 68 valence electrons. The molecule has 1 N–H and O–H groups in total. The molecule has 2 heterocycles. The molecule has 1 aliphatic rings. The molecular formula is C8H14ClN3. The molecule has 0 aromatic carbocycles. The number of fused-ring (bicyclic) bond motifs is 1. The van der Waals surface area contributed by atoms with Gasteiger partial charge in [-0.05, 0) is 19.4 Å². The largest absolute Gasteiger partial charge is 0.313 e. The fraction of sp³-hybridized carbons (Fsp3) is 0.625. The van der Waals surface area contributed by atoms with Gasteiger partial charge in [-0.15, -0.1) is 12.4 Å². The molecule has 0 spiro atoms. The Kier molecular flexibility index (Phi) is 3.12. The molecule has 0 unspecified atom stereocenters. The Bertz CT molecular complexity index is 233. The van der Waals surface area contributed by atoms with Gasteiger partial charge in [0, 0.05) is 25.4 Å². The zero-order valence-corrected chi connectivity index (χ0v) is 8.02. The average molecular weight is 188 g/mol.